The molecule has 0 amide bonds. The summed E-state index contributed by atoms with van der Waals surface area (Å²) in [5.74, 6) is 0.895. The Bertz CT molecular complexity index is 696. The molecule has 0 aliphatic carbocycles. The summed E-state index contributed by atoms with van der Waals surface area (Å²) < 4.78 is 11.6. The monoisotopic (exact) mass is 353 g/mol. The second-order valence-electron chi connectivity index (χ2n) is 7.26. The molecule has 2 saturated heterocycles. The molecule has 5 heteroatoms. The molecule has 1 N–H and O–H groups in total. The molecule has 0 radical (unpaired) electrons. The molecule has 2 aromatic rings. The van der Waals surface area contributed by atoms with Gasteiger partial charge in [-0.15, -0.1) is 0 Å². The minimum atomic E-state index is 0.0396. The summed E-state index contributed by atoms with van der Waals surface area (Å²) in [5.41, 5.74) is 2.16. The van der Waals surface area contributed by atoms with E-state index in [1.807, 2.05) is 30.5 Å². The van der Waals surface area contributed by atoms with Gasteiger partial charge in [0.1, 0.15) is 5.82 Å². The van der Waals surface area contributed by atoms with Crippen molar-refractivity contribution in [2.75, 3.05) is 26.4 Å². The average molecular weight is 353 g/mol. The maximum atomic E-state index is 6.12. The highest BCUT2D eigenvalue weighted by molar-refractivity contribution is 5.58. The van der Waals surface area contributed by atoms with E-state index in [-0.39, 0.29) is 5.60 Å². The molecule has 2 fully saturated rings. The summed E-state index contributed by atoms with van der Waals surface area (Å²) in [4.78, 5) is 9.16. The predicted molar refractivity (Wildman–Crippen MR) is 101 cm³/mol. The van der Waals surface area contributed by atoms with Crippen molar-refractivity contribution in [3.05, 3.63) is 48.4 Å². The third-order valence-electron chi connectivity index (χ3n) is 5.45. The summed E-state index contributed by atoms with van der Waals surface area (Å²) >= 11 is 0. The molecule has 138 valence electrons. The number of nitrogens with one attached hydrogen (secondary N) is 1. The van der Waals surface area contributed by atoms with E-state index in [0.29, 0.717) is 6.04 Å². The van der Waals surface area contributed by atoms with E-state index in [4.69, 9.17) is 14.5 Å². The van der Waals surface area contributed by atoms with Crippen LogP contribution >= 0.6 is 0 Å². The fourth-order valence-electron chi connectivity index (χ4n) is 3.97. The molecule has 4 rings (SSSR count). The van der Waals surface area contributed by atoms with Crippen LogP contribution in [0.15, 0.2) is 42.6 Å². The Morgan fingerprint density at radius 2 is 1.92 bits per heavy atom. The summed E-state index contributed by atoms with van der Waals surface area (Å²) in [6.45, 7) is 3.40. The zero-order valence-electron chi connectivity index (χ0n) is 15.2. The molecule has 1 unspecified atom stereocenters. The molecule has 1 atom stereocenters. The fourth-order valence-corrected chi connectivity index (χ4v) is 3.97. The van der Waals surface area contributed by atoms with Crippen LogP contribution in [0.1, 0.15) is 31.5 Å². The van der Waals surface area contributed by atoms with Crippen LogP contribution in [-0.4, -0.2) is 48.0 Å². The van der Waals surface area contributed by atoms with Crippen LogP contribution in [0.25, 0.3) is 11.3 Å². The van der Waals surface area contributed by atoms with Gasteiger partial charge in [0.15, 0.2) is 0 Å². The number of rotatable bonds is 5. The van der Waals surface area contributed by atoms with E-state index in [9.17, 15) is 0 Å². The molecule has 1 spiro atoms. The summed E-state index contributed by atoms with van der Waals surface area (Å²) in [6, 6.07) is 12.7. The van der Waals surface area contributed by atoms with Crippen molar-refractivity contribution in [2.45, 2.75) is 43.7 Å². The van der Waals surface area contributed by atoms with Crippen molar-refractivity contribution in [3.63, 3.8) is 0 Å². The van der Waals surface area contributed by atoms with Crippen LogP contribution in [-0.2, 0) is 15.9 Å². The molecule has 0 bridgehead atoms. The molecular weight excluding hydrogens is 326 g/mol. The minimum absolute atomic E-state index is 0.0396. The first-order chi connectivity index (χ1) is 12.8. The fraction of sp³-hybridized carbons (Fsp3) is 0.524. The third kappa shape index (κ3) is 4.29. The SMILES string of the molecule is c1ccc(-c2ccnc(CCNC3CCOC4(CCOCC4)C3)n2)cc1. The number of ether oxygens (including phenoxy) is 2. The van der Waals surface area contributed by atoms with E-state index in [0.717, 1.165) is 75.6 Å². The van der Waals surface area contributed by atoms with Crippen molar-refractivity contribution < 1.29 is 9.47 Å². The van der Waals surface area contributed by atoms with Gasteiger partial charge in [0, 0.05) is 50.6 Å². The van der Waals surface area contributed by atoms with Gasteiger partial charge in [-0.25, -0.2) is 9.97 Å². The Labute approximate surface area is 155 Å². The van der Waals surface area contributed by atoms with Gasteiger partial charge in [0.25, 0.3) is 0 Å². The summed E-state index contributed by atoms with van der Waals surface area (Å²) in [7, 11) is 0. The van der Waals surface area contributed by atoms with E-state index < -0.39 is 0 Å². The van der Waals surface area contributed by atoms with Gasteiger partial charge in [-0.2, -0.15) is 0 Å². The zero-order valence-corrected chi connectivity index (χ0v) is 15.2. The minimum Gasteiger partial charge on any atom is -0.381 e. The van der Waals surface area contributed by atoms with Gasteiger partial charge < -0.3 is 14.8 Å². The standard InChI is InChI=1S/C21H27N3O2/c1-2-4-17(5-3-1)19-6-11-23-20(24-19)7-12-22-18-8-13-26-21(16-18)9-14-25-15-10-21/h1-6,11,18,22H,7-10,12-16H2. The Morgan fingerprint density at radius 3 is 2.77 bits per heavy atom. The lowest BCUT2D eigenvalue weighted by Crippen LogP contribution is -2.50. The molecule has 0 saturated carbocycles. The first kappa shape index (κ1) is 17.6. The quantitative estimate of drug-likeness (QED) is 0.895. The second kappa shape index (κ2) is 8.25. The maximum absolute atomic E-state index is 6.12. The first-order valence-electron chi connectivity index (χ1n) is 9.65. The van der Waals surface area contributed by atoms with Gasteiger partial charge in [-0.3, -0.25) is 0 Å². The molecular formula is C21H27N3O2. The molecule has 26 heavy (non-hydrogen) atoms. The highest BCUT2D eigenvalue weighted by atomic mass is 16.5. The van der Waals surface area contributed by atoms with Gasteiger partial charge >= 0.3 is 0 Å². The smallest absolute Gasteiger partial charge is 0.130 e. The van der Waals surface area contributed by atoms with Gasteiger partial charge in [-0.05, 0) is 31.7 Å². The van der Waals surface area contributed by atoms with Crippen LogP contribution in [0, 0.1) is 0 Å². The van der Waals surface area contributed by atoms with Crippen molar-refractivity contribution in [1.29, 1.82) is 0 Å². The maximum Gasteiger partial charge on any atom is 0.130 e. The highest BCUT2D eigenvalue weighted by Gasteiger charge is 2.38. The molecule has 1 aromatic carbocycles. The molecule has 5 nitrogen and oxygen atoms in total. The van der Waals surface area contributed by atoms with Crippen LogP contribution in [0.5, 0.6) is 0 Å². The summed E-state index contributed by atoms with van der Waals surface area (Å²) in [5, 5.41) is 3.70. The van der Waals surface area contributed by atoms with Gasteiger partial charge in [0.05, 0.1) is 11.3 Å². The van der Waals surface area contributed by atoms with E-state index in [1.54, 1.807) is 0 Å². The van der Waals surface area contributed by atoms with Crippen molar-refractivity contribution in [3.8, 4) is 11.3 Å². The van der Waals surface area contributed by atoms with E-state index >= 15 is 0 Å². The van der Waals surface area contributed by atoms with E-state index in [2.05, 4.69) is 22.4 Å². The summed E-state index contributed by atoms with van der Waals surface area (Å²) in [6.07, 6.45) is 6.90. The highest BCUT2D eigenvalue weighted by Crippen LogP contribution is 2.34. The largest absolute Gasteiger partial charge is 0.381 e. The molecule has 3 heterocycles. The van der Waals surface area contributed by atoms with Gasteiger partial charge in [-0.1, -0.05) is 30.3 Å². The first-order valence-corrected chi connectivity index (χ1v) is 9.65. The number of benzene rings is 1. The average Bonchev–Trinajstić information content (AvgIpc) is 2.70. The lowest BCUT2D eigenvalue weighted by Gasteiger charge is -2.43. The van der Waals surface area contributed by atoms with Gasteiger partial charge in [0.2, 0.25) is 0 Å². The topological polar surface area (TPSA) is 56.3 Å². The number of aromatic nitrogens is 2. The molecule has 1 aromatic heterocycles. The number of nitrogens with zero attached hydrogens (tertiary/aromatic N) is 2. The lowest BCUT2D eigenvalue weighted by molar-refractivity contribution is -0.140. The zero-order chi connectivity index (χ0) is 17.7. The van der Waals surface area contributed by atoms with Crippen LogP contribution in [0.3, 0.4) is 0 Å². The third-order valence-corrected chi connectivity index (χ3v) is 5.45. The Kier molecular flexibility index (Phi) is 5.58. The van der Waals surface area contributed by atoms with E-state index in [1.165, 1.54) is 0 Å². The van der Waals surface area contributed by atoms with Crippen LogP contribution in [0.4, 0.5) is 0 Å². The second-order valence-corrected chi connectivity index (χ2v) is 7.26. The Balaban J connectivity index is 1.31. The van der Waals surface area contributed by atoms with Crippen molar-refractivity contribution in [1.82, 2.24) is 15.3 Å². The van der Waals surface area contributed by atoms with Crippen molar-refractivity contribution >= 4 is 0 Å². The van der Waals surface area contributed by atoms with Crippen molar-refractivity contribution in [2.24, 2.45) is 0 Å². The van der Waals surface area contributed by atoms with Crippen LogP contribution < -0.4 is 5.32 Å². The predicted octanol–water partition coefficient (Wildman–Crippen LogP) is 3.00. The Morgan fingerprint density at radius 1 is 1.08 bits per heavy atom. The Hall–Kier alpha value is -1.82. The lowest BCUT2D eigenvalue weighted by atomic mass is 9.84. The normalized spacial score (nSPS) is 22.4. The number of hydrogen-bond donors (Lipinski definition) is 1. The molecule has 2 aliphatic heterocycles. The van der Waals surface area contributed by atoms with Crippen LogP contribution in [0.2, 0.25) is 0 Å². The molecule has 2 aliphatic rings. The number of hydrogen-bond acceptors (Lipinski definition) is 5.